The fourth-order valence-electron chi connectivity index (χ4n) is 3.42. The summed E-state index contributed by atoms with van der Waals surface area (Å²) >= 11 is 1.54. The molecule has 1 aliphatic carbocycles. The Morgan fingerprint density at radius 1 is 1.25 bits per heavy atom. The Hall–Kier alpha value is -2.25. The number of nitrogens with one attached hydrogen (secondary N) is 1. The van der Waals surface area contributed by atoms with Gasteiger partial charge in [0.15, 0.2) is 5.13 Å². The van der Waals surface area contributed by atoms with Crippen LogP contribution in [0, 0.1) is 5.92 Å². The minimum atomic E-state index is -0.219. The van der Waals surface area contributed by atoms with E-state index in [0.717, 1.165) is 38.9 Å². The van der Waals surface area contributed by atoms with E-state index in [4.69, 9.17) is 4.74 Å². The van der Waals surface area contributed by atoms with E-state index >= 15 is 0 Å². The first-order valence-electron chi connectivity index (χ1n) is 9.66. The topological polar surface area (TPSA) is 71.5 Å². The number of hydrogen-bond acceptors (Lipinski definition) is 6. The lowest BCUT2D eigenvalue weighted by atomic mass is 9.91. The van der Waals surface area contributed by atoms with Gasteiger partial charge in [-0.05, 0) is 30.8 Å². The van der Waals surface area contributed by atoms with Crippen molar-refractivity contribution >= 4 is 28.3 Å². The number of anilines is 1. The van der Waals surface area contributed by atoms with Crippen molar-refractivity contribution in [2.75, 3.05) is 25.0 Å². The van der Waals surface area contributed by atoms with E-state index in [-0.39, 0.29) is 11.9 Å². The Morgan fingerprint density at radius 2 is 1.96 bits per heavy atom. The molecule has 1 aromatic heterocycles. The average molecular weight is 402 g/mol. The minimum absolute atomic E-state index is 0.0858. The van der Waals surface area contributed by atoms with Crippen molar-refractivity contribution in [2.45, 2.75) is 39.7 Å². The third-order valence-corrected chi connectivity index (χ3v) is 5.78. The number of carbonyl (C=O) groups excluding carboxylic acids is 2. The van der Waals surface area contributed by atoms with Gasteiger partial charge in [0.05, 0.1) is 6.61 Å². The molecule has 1 fully saturated rings. The fraction of sp³-hybridized carbons (Fsp3) is 0.476. The standard InChI is InChI=1S/C21H27N3O3S/c1-15(25)23-21-22-13-20(28-21)14-24-10-7-19(8-11-24)18-5-3-17(4-6-18)9-12-27-16(2)26/h3-6,13,17H,7-12,14H2,1-2H3,(H,22,23,25). The summed E-state index contributed by atoms with van der Waals surface area (Å²) in [7, 11) is 0. The van der Waals surface area contributed by atoms with Gasteiger partial charge in [0.25, 0.3) is 0 Å². The van der Waals surface area contributed by atoms with Crippen LogP contribution in [0.4, 0.5) is 5.13 Å². The van der Waals surface area contributed by atoms with E-state index in [2.05, 4.69) is 39.5 Å². The molecule has 28 heavy (non-hydrogen) atoms. The van der Waals surface area contributed by atoms with Crippen molar-refractivity contribution in [2.24, 2.45) is 5.92 Å². The first kappa shape index (κ1) is 20.5. The third-order valence-electron chi connectivity index (χ3n) is 4.89. The normalized spacial score (nSPS) is 19.7. The number of ether oxygens (including phenoxy) is 1. The molecule has 7 heteroatoms. The van der Waals surface area contributed by atoms with Gasteiger partial charge in [-0.15, -0.1) is 11.3 Å². The number of rotatable bonds is 6. The molecule has 1 aliphatic heterocycles. The maximum Gasteiger partial charge on any atom is 0.302 e. The van der Waals surface area contributed by atoms with Gasteiger partial charge in [-0.2, -0.15) is 0 Å². The van der Waals surface area contributed by atoms with Gasteiger partial charge in [-0.25, -0.2) is 4.98 Å². The largest absolute Gasteiger partial charge is 0.466 e. The second kappa shape index (κ2) is 9.80. The van der Waals surface area contributed by atoms with Crippen LogP contribution in [0.1, 0.15) is 38.0 Å². The zero-order chi connectivity index (χ0) is 19.9. The quantitative estimate of drug-likeness (QED) is 0.736. The molecule has 0 unspecified atom stereocenters. The molecule has 3 rings (SSSR count). The Morgan fingerprint density at radius 3 is 2.61 bits per heavy atom. The summed E-state index contributed by atoms with van der Waals surface area (Å²) in [6.45, 7) is 6.35. The number of nitrogens with zero attached hydrogens (tertiary/aromatic N) is 2. The Kier molecular flexibility index (Phi) is 7.17. The smallest absolute Gasteiger partial charge is 0.302 e. The lowest BCUT2D eigenvalue weighted by molar-refractivity contribution is -0.141. The zero-order valence-electron chi connectivity index (χ0n) is 16.4. The van der Waals surface area contributed by atoms with Crippen LogP contribution in [0.25, 0.3) is 0 Å². The SMILES string of the molecule is CC(=O)Nc1ncc(CN2CCC(=C3C=CC(CCOC(C)=O)C=C3)CC2)s1. The molecule has 0 atom stereocenters. The Labute approximate surface area is 170 Å². The molecule has 6 nitrogen and oxygen atoms in total. The van der Waals surface area contributed by atoms with E-state index < -0.39 is 0 Å². The van der Waals surface area contributed by atoms with Crippen LogP contribution < -0.4 is 5.32 Å². The van der Waals surface area contributed by atoms with Crippen molar-refractivity contribution in [3.05, 3.63) is 46.5 Å². The number of likely N-dealkylation sites (tertiary alicyclic amines) is 1. The molecule has 0 aromatic carbocycles. The molecule has 1 amide bonds. The lowest BCUT2D eigenvalue weighted by Crippen LogP contribution is -2.30. The van der Waals surface area contributed by atoms with Crippen LogP contribution in [-0.2, 0) is 20.9 Å². The maximum atomic E-state index is 11.1. The molecule has 1 saturated heterocycles. The Balaban J connectivity index is 1.46. The van der Waals surface area contributed by atoms with Crippen LogP contribution in [-0.4, -0.2) is 41.5 Å². The fourth-order valence-corrected chi connectivity index (χ4v) is 4.32. The molecule has 0 saturated carbocycles. The molecule has 0 spiro atoms. The van der Waals surface area contributed by atoms with Crippen molar-refractivity contribution in [3.8, 4) is 0 Å². The number of carbonyl (C=O) groups is 2. The number of allylic oxidation sites excluding steroid dienone is 5. The zero-order valence-corrected chi connectivity index (χ0v) is 17.3. The highest BCUT2D eigenvalue weighted by Crippen LogP contribution is 2.27. The van der Waals surface area contributed by atoms with E-state index in [1.165, 1.54) is 29.9 Å². The van der Waals surface area contributed by atoms with Crippen molar-refractivity contribution in [3.63, 3.8) is 0 Å². The van der Waals surface area contributed by atoms with Gasteiger partial charge in [-0.1, -0.05) is 29.9 Å². The van der Waals surface area contributed by atoms with Gasteiger partial charge < -0.3 is 10.1 Å². The number of aromatic nitrogens is 1. The monoisotopic (exact) mass is 401 g/mol. The molecule has 0 bridgehead atoms. The molecule has 0 radical (unpaired) electrons. The van der Waals surface area contributed by atoms with Crippen LogP contribution in [0.3, 0.4) is 0 Å². The van der Waals surface area contributed by atoms with Crippen LogP contribution in [0.15, 0.2) is 41.6 Å². The molecular formula is C21H27N3O3S. The molecular weight excluding hydrogens is 374 g/mol. The molecule has 1 N–H and O–H groups in total. The maximum absolute atomic E-state index is 11.1. The van der Waals surface area contributed by atoms with Gasteiger partial charge in [0.2, 0.25) is 5.91 Å². The average Bonchev–Trinajstić information content (AvgIpc) is 3.09. The Bertz CT molecular complexity index is 784. The number of piperidine rings is 1. The van der Waals surface area contributed by atoms with Crippen molar-refractivity contribution in [1.82, 2.24) is 9.88 Å². The summed E-state index contributed by atoms with van der Waals surface area (Å²) < 4.78 is 5.02. The highest BCUT2D eigenvalue weighted by Gasteiger charge is 2.18. The van der Waals surface area contributed by atoms with E-state index in [1.807, 2.05) is 6.20 Å². The predicted octanol–water partition coefficient (Wildman–Crippen LogP) is 3.69. The van der Waals surface area contributed by atoms with Crippen LogP contribution >= 0.6 is 11.3 Å². The van der Waals surface area contributed by atoms with Gasteiger partial charge >= 0.3 is 5.97 Å². The third kappa shape index (κ3) is 6.14. The van der Waals surface area contributed by atoms with Crippen LogP contribution in [0.5, 0.6) is 0 Å². The lowest BCUT2D eigenvalue weighted by Gasteiger charge is -2.29. The summed E-state index contributed by atoms with van der Waals surface area (Å²) in [5.74, 6) is 0.0354. The first-order valence-corrected chi connectivity index (χ1v) is 10.5. The number of hydrogen-bond donors (Lipinski definition) is 1. The number of amides is 1. The van der Waals surface area contributed by atoms with Gasteiger partial charge in [0, 0.05) is 44.6 Å². The molecule has 150 valence electrons. The first-order chi connectivity index (χ1) is 13.5. The minimum Gasteiger partial charge on any atom is -0.466 e. The molecule has 1 aromatic rings. The summed E-state index contributed by atoms with van der Waals surface area (Å²) in [6, 6.07) is 0. The van der Waals surface area contributed by atoms with E-state index in [9.17, 15) is 9.59 Å². The van der Waals surface area contributed by atoms with Crippen LogP contribution in [0.2, 0.25) is 0 Å². The highest BCUT2D eigenvalue weighted by molar-refractivity contribution is 7.15. The number of esters is 1. The second-order valence-corrected chi connectivity index (χ2v) is 8.27. The van der Waals surface area contributed by atoms with Crippen molar-refractivity contribution in [1.29, 1.82) is 0 Å². The van der Waals surface area contributed by atoms with E-state index in [0.29, 0.717) is 17.7 Å². The van der Waals surface area contributed by atoms with Gasteiger partial charge in [-0.3, -0.25) is 14.5 Å². The second-order valence-electron chi connectivity index (χ2n) is 7.16. The molecule has 2 heterocycles. The van der Waals surface area contributed by atoms with Gasteiger partial charge in [0.1, 0.15) is 0 Å². The highest BCUT2D eigenvalue weighted by atomic mass is 32.1. The number of thiazole rings is 1. The van der Waals surface area contributed by atoms with E-state index in [1.54, 1.807) is 11.3 Å². The summed E-state index contributed by atoms with van der Waals surface area (Å²) in [6.07, 6.45) is 13.7. The predicted molar refractivity (Wildman–Crippen MR) is 111 cm³/mol. The summed E-state index contributed by atoms with van der Waals surface area (Å²) in [4.78, 5) is 29.8. The summed E-state index contributed by atoms with van der Waals surface area (Å²) in [5.41, 5.74) is 2.83. The van der Waals surface area contributed by atoms with Crippen molar-refractivity contribution < 1.29 is 14.3 Å². The molecule has 2 aliphatic rings. The summed E-state index contributed by atoms with van der Waals surface area (Å²) in [5, 5.41) is 3.41.